The molecule has 140 valence electrons. The van der Waals surface area contributed by atoms with Crippen LogP contribution in [-0.4, -0.2) is 32.3 Å². The number of amides is 1. The lowest BCUT2D eigenvalue weighted by atomic mass is 10.1. The SMILES string of the molecule is Cc1ccc(OCCOCCOc2ccccc2/C=C(\C#N)C(N)=O)cc1. The van der Waals surface area contributed by atoms with E-state index >= 15 is 0 Å². The van der Waals surface area contributed by atoms with Gasteiger partial charge in [0, 0.05) is 5.56 Å². The number of aryl methyl sites for hydroxylation is 1. The minimum atomic E-state index is -0.774. The highest BCUT2D eigenvalue weighted by atomic mass is 16.5. The van der Waals surface area contributed by atoms with Crippen LogP contribution in [0.4, 0.5) is 0 Å². The summed E-state index contributed by atoms with van der Waals surface area (Å²) in [6.07, 6.45) is 1.41. The van der Waals surface area contributed by atoms with Crippen molar-refractivity contribution >= 4 is 12.0 Å². The number of hydrogen-bond acceptors (Lipinski definition) is 5. The standard InChI is InChI=1S/C21H22N2O4/c1-16-6-8-19(9-7-16)26-12-10-25-11-13-27-20-5-3-2-4-17(20)14-18(15-22)21(23)24/h2-9,14H,10-13H2,1H3,(H2,23,24)/b18-14+. The molecule has 2 rings (SSSR count). The molecule has 0 unspecified atom stereocenters. The summed E-state index contributed by atoms with van der Waals surface area (Å²) in [4.78, 5) is 11.2. The summed E-state index contributed by atoms with van der Waals surface area (Å²) in [7, 11) is 0. The molecule has 0 aliphatic rings. The third-order valence-electron chi connectivity index (χ3n) is 3.61. The molecular weight excluding hydrogens is 344 g/mol. The molecule has 0 bridgehead atoms. The number of carbonyl (C=O) groups is 1. The van der Waals surface area contributed by atoms with Crippen LogP contribution in [0.2, 0.25) is 0 Å². The highest BCUT2D eigenvalue weighted by molar-refractivity contribution is 6.00. The predicted molar refractivity (Wildman–Crippen MR) is 102 cm³/mol. The Balaban J connectivity index is 1.73. The molecule has 2 aromatic rings. The van der Waals surface area contributed by atoms with Crippen LogP contribution in [0.3, 0.4) is 0 Å². The number of nitrogens with two attached hydrogens (primary N) is 1. The van der Waals surface area contributed by atoms with E-state index < -0.39 is 5.91 Å². The third kappa shape index (κ3) is 6.84. The maximum atomic E-state index is 11.2. The number of nitriles is 1. The Kier molecular flexibility index (Phi) is 7.89. The average Bonchev–Trinajstić information content (AvgIpc) is 2.67. The number of ether oxygens (including phenoxy) is 3. The minimum Gasteiger partial charge on any atom is -0.491 e. The van der Waals surface area contributed by atoms with Crippen LogP contribution in [-0.2, 0) is 9.53 Å². The highest BCUT2D eigenvalue weighted by Gasteiger charge is 2.07. The number of hydrogen-bond donors (Lipinski definition) is 1. The van der Waals surface area contributed by atoms with E-state index in [1.807, 2.05) is 31.2 Å². The number of primary amides is 1. The van der Waals surface area contributed by atoms with E-state index in [1.54, 1.807) is 30.3 Å². The summed E-state index contributed by atoms with van der Waals surface area (Å²) in [6, 6.07) is 16.7. The molecule has 0 saturated heterocycles. The Morgan fingerprint density at radius 2 is 1.70 bits per heavy atom. The van der Waals surface area contributed by atoms with Crippen molar-refractivity contribution in [2.24, 2.45) is 5.73 Å². The molecule has 6 heteroatoms. The van der Waals surface area contributed by atoms with Gasteiger partial charge in [-0.3, -0.25) is 4.79 Å². The second-order valence-electron chi connectivity index (χ2n) is 5.69. The monoisotopic (exact) mass is 366 g/mol. The molecular formula is C21H22N2O4. The number of carbonyl (C=O) groups excluding carboxylic acids is 1. The fraction of sp³-hybridized carbons (Fsp3) is 0.238. The second kappa shape index (κ2) is 10.6. The van der Waals surface area contributed by atoms with Crippen molar-refractivity contribution in [3.63, 3.8) is 0 Å². The van der Waals surface area contributed by atoms with Crippen LogP contribution >= 0.6 is 0 Å². The Hall–Kier alpha value is -3.30. The van der Waals surface area contributed by atoms with Crippen molar-refractivity contribution in [3.05, 3.63) is 65.2 Å². The topological polar surface area (TPSA) is 94.6 Å². The van der Waals surface area contributed by atoms with E-state index in [2.05, 4.69) is 0 Å². The Morgan fingerprint density at radius 1 is 1.04 bits per heavy atom. The van der Waals surface area contributed by atoms with Gasteiger partial charge in [-0.25, -0.2) is 0 Å². The van der Waals surface area contributed by atoms with Gasteiger partial charge in [0.1, 0.15) is 36.4 Å². The second-order valence-corrected chi connectivity index (χ2v) is 5.69. The Labute approximate surface area is 158 Å². The molecule has 0 atom stereocenters. The molecule has 0 radical (unpaired) electrons. The zero-order chi connectivity index (χ0) is 19.5. The van der Waals surface area contributed by atoms with Crippen LogP contribution in [0.1, 0.15) is 11.1 Å². The van der Waals surface area contributed by atoms with Crippen LogP contribution in [0.5, 0.6) is 11.5 Å². The molecule has 6 nitrogen and oxygen atoms in total. The van der Waals surface area contributed by atoms with Crippen LogP contribution in [0.25, 0.3) is 6.08 Å². The average molecular weight is 366 g/mol. The van der Waals surface area contributed by atoms with E-state index in [0.29, 0.717) is 37.7 Å². The molecule has 27 heavy (non-hydrogen) atoms. The van der Waals surface area contributed by atoms with Gasteiger partial charge in [-0.05, 0) is 31.2 Å². The molecule has 0 saturated carbocycles. The fourth-order valence-electron chi connectivity index (χ4n) is 2.21. The van der Waals surface area contributed by atoms with E-state index in [-0.39, 0.29) is 5.57 Å². The fourth-order valence-corrected chi connectivity index (χ4v) is 2.21. The number of para-hydroxylation sites is 1. The van der Waals surface area contributed by atoms with Crippen molar-refractivity contribution in [1.82, 2.24) is 0 Å². The molecule has 0 fully saturated rings. The van der Waals surface area contributed by atoms with E-state index in [4.69, 9.17) is 25.2 Å². The largest absolute Gasteiger partial charge is 0.491 e. The normalized spacial score (nSPS) is 10.9. The lowest BCUT2D eigenvalue weighted by Crippen LogP contribution is -2.13. The molecule has 0 aromatic heterocycles. The molecule has 0 aliphatic heterocycles. The highest BCUT2D eigenvalue weighted by Crippen LogP contribution is 2.20. The maximum absolute atomic E-state index is 11.2. The predicted octanol–water partition coefficient (Wildman–Crippen LogP) is 2.86. The Morgan fingerprint density at radius 3 is 2.37 bits per heavy atom. The lowest BCUT2D eigenvalue weighted by Gasteiger charge is -2.10. The molecule has 0 spiro atoms. The molecule has 2 N–H and O–H groups in total. The van der Waals surface area contributed by atoms with E-state index in [1.165, 1.54) is 11.6 Å². The zero-order valence-electron chi connectivity index (χ0n) is 15.2. The summed E-state index contributed by atoms with van der Waals surface area (Å²) in [6.45, 7) is 3.63. The van der Waals surface area contributed by atoms with Crippen LogP contribution < -0.4 is 15.2 Å². The van der Waals surface area contributed by atoms with E-state index in [9.17, 15) is 4.79 Å². The van der Waals surface area contributed by atoms with Crippen LogP contribution in [0.15, 0.2) is 54.1 Å². The van der Waals surface area contributed by atoms with Gasteiger partial charge in [0.25, 0.3) is 5.91 Å². The third-order valence-corrected chi connectivity index (χ3v) is 3.61. The first-order chi connectivity index (χ1) is 13.1. The van der Waals surface area contributed by atoms with Gasteiger partial charge < -0.3 is 19.9 Å². The molecule has 1 amide bonds. The number of nitrogens with zero attached hydrogens (tertiary/aromatic N) is 1. The summed E-state index contributed by atoms with van der Waals surface area (Å²) in [5, 5.41) is 8.95. The van der Waals surface area contributed by atoms with Crippen molar-refractivity contribution in [3.8, 4) is 17.6 Å². The maximum Gasteiger partial charge on any atom is 0.259 e. The molecule has 2 aromatic carbocycles. The number of benzene rings is 2. The first kappa shape index (κ1) is 20.0. The first-order valence-corrected chi connectivity index (χ1v) is 8.51. The smallest absolute Gasteiger partial charge is 0.259 e. The number of rotatable bonds is 10. The quantitative estimate of drug-likeness (QED) is 0.396. The molecule has 0 aliphatic carbocycles. The van der Waals surface area contributed by atoms with Gasteiger partial charge in [0.2, 0.25) is 0 Å². The van der Waals surface area contributed by atoms with Crippen LogP contribution in [0, 0.1) is 18.3 Å². The van der Waals surface area contributed by atoms with Gasteiger partial charge in [0.05, 0.1) is 13.2 Å². The van der Waals surface area contributed by atoms with Gasteiger partial charge >= 0.3 is 0 Å². The molecule has 0 heterocycles. The summed E-state index contributed by atoms with van der Waals surface area (Å²) >= 11 is 0. The van der Waals surface area contributed by atoms with Gasteiger partial charge in [-0.15, -0.1) is 0 Å². The summed E-state index contributed by atoms with van der Waals surface area (Å²) in [5.74, 6) is 0.583. The van der Waals surface area contributed by atoms with E-state index in [0.717, 1.165) is 5.75 Å². The zero-order valence-corrected chi connectivity index (χ0v) is 15.2. The van der Waals surface area contributed by atoms with Crippen molar-refractivity contribution in [1.29, 1.82) is 5.26 Å². The minimum absolute atomic E-state index is 0.129. The van der Waals surface area contributed by atoms with Gasteiger partial charge in [0.15, 0.2) is 0 Å². The summed E-state index contributed by atoms with van der Waals surface area (Å²) in [5.41, 5.74) is 6.82. The van der Waals surface area contributed by atoms with Gasteiger partial charge in [-0.1, -0.05) is 35.9 Å². The van der Waals surface area contributed by atoms with Crippen molar-refractivity contribution < 1.29 is 19.0 Å². The van der Waals surface area contributed by atoms with Crippen molar-refractivity contribution in [2.45, 2.75) is 6.92 Å². The van der Waals surface area contributed by atoms with Crippen molar-refractivity contribution in [2.75, 3.05) is 26.4 Å². The van der Waals surface area contributed by atoms with Gasteiger partial charge in [-0.2, -0.15) is 5.26 Å². The summed E-state index contributed by atoms with van der Waals surface area (Å²) < 4.78 is 16.7. The lowest BCUT2D eigenvalue weighted by molar-refractivity contribution is -0.114. The first-order valence-electron chi connectivity index (χ1n) is 8.51. The Bertz CT molecular complexity index is 823.